The van der Waals surface area contributed by atoms with Crippen molar-refractivity contribution in [3.8, 4) is 5.69 Å². The van der Waals surface area contributed by atoms with Crippen LogP contribution in [0.4, 0.5) is 5.95 Å². The van der Waals surface area contributed by atoms with Gasteiger partial charge in [0.25, 0.3) is 5.56 Å². The molecule has 0 N–H and O–H groups in total. The van der Waals surface area contributed by atoms with Crippen molar-refractivity contribution in [1.82, 2.24) is 14.5 Å². The molecule has 0 radical (unpaired) electrons. The van der Waals surface area contributed by atoms with E-state index in [1.54, 1.807) is 17.0 Å². The highest BCUT2D eigenvalue weighted by Gasteiger charge is 2.18. The van der Waals surface area contributed by atoms with Crippen LogP contribution < -0.4 is 10.5 Å². The maximum atomic E-state index is 13.0. The average molecular weight is 382 g/mol. The summed E-state index contributed by atoms with van der Waals surface area (Å²) in [5.74, 6) is 0.677. The van der Waals surface area contributed by atoms with Gasteiger partial charge in [-0.25, -0.2) is 9.97 Å². The summed E-state index contributed by atoms with van der Waals surface area (Å²) in [6.45, 7) is 3.79. The van der Waals surface area contributed by atoms with Crippen molar-refractivity contribution in [2.75, 3.05) is 11.4 Å². The Morgan fingerprint density at radius 3 is 2.59 bits per heavy atom. The molecule has 144 valence electrons. The van der Waals surface area contributed by atoms with E-state index in [-0.39, 0.29) is 5.56 Å². The molecule has 0 unspecified atom stereocenters. The molecule has 0 fully saturated rings. The summed E-state index contributed by atoms with van der Waals surface area (Å²) in [7, 11) is 0. The number of pyridine rings is 1. The van der Waals surface area contributed by atoms with Crippen LogP contribution >= 0.6 is 0 Å². The minimum Gasteiger partial charge on any atom is -0.336 e. The smallest absolute Gasteiger partial charge is 0.266 e. The molecule has 0 saturated heterocycles. The molecule has 5 rings (SSSR count). The SMILES string of the molecule is CCc1ccc(-n2ccc3nc(N4CCc5ccccc5C4)ncc3c2=O)cc1. The number of rotatable bonds is 3. The third-order valence-electron chi connectivity index (χ3n) is 5.67. The Morgan fingerprint density at radius 1 is 1.00 bits per heavy atom. The van der Waals surface area contributed by atoms with E-state index in [1.165, 1.54) is 16.7 Å². The lowest BCUT2D eigenvalue weighted by Gasteiger charge is -2.28. The molecule has 29 heavy (non-hydrogen) atoms. The third kappa shape index (κ3) is 3.18. The minimum absolute atomic E-state index is 0.0951. The van der Waals surface area contributed by atoms with Gasteiger partial charge in [-0.1, -0.05) is 43.3 Å². The van der Waals surface area contributed by atoms with E-state index in [1.807, 2.05) is 18.2 Å². The van der Waals surface area contributed by atoms with Crippen molar-refractivity contribution in [3.05, 3.63) is 94.0 Å². The molecular formula is C24H22N4O. The number of hydrogen-bond acceptors (Lipinski definition) is 4. The Bertz CT molecular complexity index is 1240. The largest absolute Gasteiger partial charge is 0.336 e. The molecule has 0 bridgehead atoms. The van der Waals surface area contributed by atoms with Crippen LogP contribution in [0, 0.1) is 0 Å². The first-order chi connectivity index (χ1) is 14.2. The van der Waals surface area contributed by atoms with Crippen LogP contribution in [0.15, 0.2) is 71.8 Å². The highest BCUT2D eigenvalue weighted by Crippen LogP contribution is 2.22. The van der Waals surface area contributed by atoms with Crippen molar-refractivity contribution < 1.29 is 0 Å². The fraction of sp³-hybridized carbons (Fsp3) is 0.208. The monoisotopic (exact) mass is 382 g/mol. The predicted molar refractivity (Wildman–Crippen MR) is 116 cm³/mol. The van der Waals surface area contributed by atoms with E-state index in [9.17, 15) is 4.79 Å². The van der Waals surface area contributed by atoms with E-state index in [0.717, 1.165) is 31.6 Å². The average Bonchev–Trinajstić information content (AvgIpc) is 2.79. The number of hydrogen-bond donors (Lipinski definition) is 0. The normalized spacial score (nSPS) is 13.5. The summed E-state index contributed by atoms with van der Waals surface area (Å²) in [6.07, 6.45) is 5.42. The van der Waals surface area contributed by atoms with E-state index >= 15 is 0 Å². The summed E-state index contributed by atoms with van der Waals surface area (Å²) in [5.41, 5.74) is 5.39. The highest BCUT2D eigenvalue weighted by atomic mass is 16.1. The molecule has 0 aliphatic carbocycles. The number of aryl methyl sites for hydroxylation is 1. The Hall–Kier alpha value is -3.47. The fourth-order valence-electron chi connectivity index (χ4n) is 3.93. The molecule has 1 aliphatic rings. The molecule has 1 aliphatic heterocycles. The maximum absolute atomic E-state index is 13.0. The number of benzene rings is 2. The molecule has 0 saturated carbocycles. The van der Waals surface area contributed by atoms with Gasteiger partial charge >= 0.3 is 0 Å². The summed E-state index contributed by atoms with van der Waals surface area (Å²) < 4.78 is 1.65. The lowest BCUT2D eigenvalue weighted by atomic mass is 10.0. The zero-order valence-corrected chi connectivity index (χ0v) is 16.4. The number of anilines is 1. The van der Waals surface area contributed by atoms with Crippen LogP contribution in [0.2, 0.25) is 0 Å². The lowest BCUT2D eigenvalue weighted by molar-refractivity contribution is 0.710. The van der Waals surface area contributed by atoms with Gasteiger partial charge in [0.05, 0.1) is 10.9 Å². The highest BCUT2D eigenvalue weighted by molar-refractivity contribution is 5.78. The van der Waals surface area contributed by atoms with Gasteiger partial charge in [-0.3, -0.25) is 9.36 Å². The Balaban J connectivity index is 1.49. The molecule has 0 atom stereocenters. The lowest BCUT2D eigenvalue weighted by Crippen LogP contribution is -2.31. The second-order valence-corrected chi connectivity index (χ2v) is 7.42. The van der Waals surface area contributed by atoms with Gasteiger partial charge in [0.2, 0.25) is 5.95 Å². The molecular weight excluding hydrogens is 360 g/mol. The van der Waals surface area contributed by atoms with Gasteiger partial charge in [-0.15, -0.1) is 0 Å². The molecule has 0 amide bonds. The Kier molecular flexibility index (Phi) is 4.35. The molecule has 5 nitrogen and oxygen atoms in total. The summed E-state index contributed by atoms with van der Waals surface area (Å²) in [4.78, 5) is 24.4. The summed E-state index contributed by atoms with van der Waals surface area (Å²) in [6, 6.07) is 18.5. The molecule has 4 aromatic rings. The fourth-order valence-corrected chi connectivity index (χ4v) is 3.93. The third-order valence-corrected chi connectivity index (χ3v) is 5.67. The van der Waals surface area contributed by atoms with E-state index in [2.05, 4.69) is 53.2 Å². The molecule has 0 spiro atoms. The van der Waals surface area contributed by atoms with Crippen molar-refractivity contribution >= 4 is 16.9 Å². The number of nitrogens with zero attached hydrogens (tertiary/aromatic N) is 4. The number of fused-ring (bicyclic) bond motifs is 2. The van der Waals surface area contributed by atoms with E-state index in [0.29, 0.717) is 16.9 Å². The van der Waals surface area contributed by atoms with Crippen LogP contribution in [0.3, 0.4) is 0 Å². The molecule has 2 aromatic heterocycles. The quantitative estimate of drug-likeness (QED) is 0.539. The maximum Gasteiger partial charge on any atom is 0.266 e. The van der Waals surface area contributed by atoms with Gasteiger partial charge in [0, 0.05) is 31.2 Å². The zero-order valence-electron chi connectivity index (χ0n) is 16.4. The van der Waals surface area contributed by atoms with Crippen molar-refractivity contribution in [3.63, 3.8) is 0 Å². The van der Waals surface area contributed by atoms with Gasteiger partial charge in [-0.2, -0.15) is 0 Å². The first-order valence-electron chi connectivity index (χ1n) is 10.0. The predicted octanol–water partition coefficient (Wildman–Crippen LogP) is 3.91. The van der Waals surface area contributed by atoms with Crippen molar-refractivity contribution in [2.24, 2.45) is 0 Å². The van der Waals surface area contributed by atoms with Gasteiger partial charge < -0.3 is 4.90 Å². The van der Waals surface area contributed by atoms with E-state index < -0.39 is 0 Å². The van der Waals surface area contributed by atoms with Crippen LogP contribution in [-0.2, 0) is 19.4 Å². The first-order valence-corrected chi connectivity index (χ1v) is 10.0. The van der Waals surface area contributed by atoms with Crippen molar-refractivity contribution in [1.29, 1.82) is 0 Å². The number of aromatic nitrogens is 3. The summed E-state index contributed by atoms with van der Waals surface area (Å²) >= 11 is 0. The first kappa shape index (κ1) is 17.6. The standard InChI is InChI=1S/C24H22N4O/c1-2-17-7-9-20(10-8-17)28-14-12-22-21(23(28)29)15-25-24(26-22)27-13-11-18-5-3-4-6-19(18)16-27/h3-10,12,14-15H,2,11,13,16H2,1H3. The zero-order chi connectivity index (χ0) is 19.8. The van der Waals surface area contributed by atoms with Crippen LogP contribution in [0.1, 0.15) is 23.6 Å². The van der Waals surface area contributed by atoms with Crippen LogP contribution in [0.25, 0.3) is 16.6 Å². The Morgan fingerprint density at radius 2 is 1.79 bits per heavy atom. The second-order valence-electron chi connectivity index (χ2n) is 7.42. The topological polar surface area (TPSA) is 51.0 Å². The van der Waals surface area contributed by atoms with E-state index in [4.69, 9.17) is 4.98 Å². The van der Waals surface area contributed by atoms with Crippen molar-refractivity contribution in [2.45, 2.75) is 26.3 Å². The summed E-state index contributed by atoms with van der Waals surface area (Å²) in [5, 5.41) is 0.535. The van der Waals surface area contributed by atoms with Gasteiger partial charge in [-0.05, 0) is 47.7 Å². The molecule has 2 aromatic carbocycles. The molecule has 5 heteroatoms. The molecule has 3 heterocycles. The second kappa shape index (κ2) is 7.17. The van der Waals surface area contributed by atoms with Gasteiger partial charge in [0.1, 0.15) is 0 Å². The van der Waals surface area contributed by atoms with Gasteiger partial charge in [0.15, 0.2) is 0 Å². The Labute approximate surface area is 169 Å². The van der Waals surface area contributed by atoms with Crippen LogP contribution in [-0.4, -0.2) is 21.1 Å². The minimum atomic E-state index is -0.0951. The van der Waals surface area contributed by atoms with Crippen LogP contribution in [0.5, 0.6) is 0 Å².